The fourth-order valence-corrected chi connectivity index (χ4v) is 2.48. The third kappa shape index (κ3) is 4.24. The van der Waals surface area contributed by atoms with Gasteiger partial charge in [-0.15, -0.1) is 0 Å². The number of hydrogen-bond acceptors (Lipinski definition) is 4. The van der Waals surface area contributed by atoms with Crippen LogP contribution in [-0.2, 0) is 10.0 Å². The van der Waals surface area contributed by atoms with Crippen molar-refractivity contribution in [2.24, 2.45) is 5.73 Å². The Morgan fingerprint density at radius 3 is 2.06 bits per heavy atom. The van der Waals surface area contributed by atoms with Crippen molar-refractivity contribution < 1.29 is 8.42 Å². The SMILES string of the molecule is CC(C)(N)CN(c1ccc(N)cc1)S(C)(=O)=O. The summed E-state index contributed by atoms with van der Waals surface area (Å²) in [7, 11) is -3.35. The fraction of sp³-hybridized carbons (Fsp3) is 0.455. The number of benzene rings is 1. The minimum absolute atomic E-state index is 0.218. The van der Waals surface area contributed by atoms with Crippen LogP contribution in [0.5, 0.6) is 0 Å². The first-order valence-corrected chi connectivity index (χ1v) is 7.06. The first kappa shape index (κ1) is 13.8. The summed E-state index contributed by atoms with van der Waals surface area (Å²) in [5.41, 5.74) is 12.0. The Morgan fingerprint density at radius 2 is 1.71 bits per heavy atom. The van der Waals surface area contributed by atoms with Gasteiger partial charge in [-0.05, 0) is 38.1 Å². The molecule has 6 heteroatoms. The molecule has 0 saturated carbocycles. The molecule has 1 aromatic carbocycles. The van der Waals surface area contributed by atoms with Crippen molar-refractivity contribution in [3.8, 4) is 0 Å². The van der Waals surface area contributed by atoms with Crippen LogP contribution in [0, 0.1) is 0 Å². The topological polar surface area (TPSA) is 89.4 Å². The average molecular weight is 257 g/mol. The van der Waals surface area contributed by atoms with Gasteiger partial charge in [0.15, 0.2) is 0 Å². The quantitative estimate of drug-likeness (QED) is 0.780. The Morgan fingerprint density at radius 1 is 1.24 bits per heavy atom. The molecule has 96 valence electrons. The molecule has 0 aliphatic heterocycles. The normalized spacial score (nSPS) is 12.5. The molecule has 0 unspecified atom stereocenters. The molecular formula is C11H19N3O2S. The van der Waals surface area contributed by atoms with Crippen LogP contribution in [0.4, 0.5) is 11.4 Å². The Kier molecular flexibility index (Phi) is 3.68. The number of anilines is 2. The van der Waals surface area contributed by atoms with E-state index in [0.29, 0.717) is 11.4 Å². The van der Waals surface area contributed by atoms with Crippen molar-refractivity contribution in [2.75, 3.05) is 22.8 Å². The van der Waals surface area contributed by atoms with Gasteiger partial charge in [-0.1, -0.05) is 0 Å². The zero-order valence-corrected chi connectivity index (χ0v) is 11.2. The number of nitrogens with zero attached hydrogens (tertiary/aromatic N) is 1. The molecule has 0 radical (unpaired) electrons. The van der Waals surface area contributed by atoms with Crippen LogP contribution in [0.2, 0.25) is 0 Å². The van der Waals surface area contributed by atoms with Gasteiger partial charge < -0.3 is 11.5 Å². The summed E-state index contributed by atoms with van der Waals surface area (Å²) in [6.45, 7) is 3.78. The number of sulfonamides is 1. The van der Waals surface area contributed by atoms with Crippen LogP contribution >= 0.6 is 0 Å². The van der Waals surface area contributed by atoms with Gasteiger partial charge in [0.05, 0.1) is 18.5 Å². The van der Waals surface area contributed by atoms with E-state index in [1.807, 2.05) is 0 Å². The first-order chi connectivity index (χ1) is 7.59. The molecule has 1 aromatic rings. The molecule has 0 aliphatic rings. The third-order valence-electron chi connectivity index (χ3n) is 2.13. The zero-order valence-electron chi connectivity index (χ0n) is 10.3. The predicted octanol–water partition coefficient (Wildman–Crippen LogP) is 0.772. The van der Waals surface area contributed by atoms with Gasteiger partial charge in [-0.2, -0.15) is 0 Å². The molecule has 5 nitrogen and oxygen atoms in total. The van der Waals surface area contributed by atoms with Crippen molar-refractivity contribution in [1.82, 2.24) is 0 Å². The lowest BCUT2D eigenvalue weighted by Gasteiger charge is -2.29. The smallest absolute Gasteiger partial charge is 0.232 e. The standard InChI is InChI=1S/C11H19N3O2S/c1-11(2,13)8-14(17(3,15)16)10-6-4-9(12)5-7-10/h4-7H,8,12-13H2,1-3H3. The molecule has 1 rings (SSSR count). The Labute approximate surface area is 102 Å². The predicted molar refractivity (Wildman–Crippen MR) is 71.3 cm³/mol. The lowest BCUT2D eigenvalue weighted by molar-refractivity contribution is 0.522. The molecule has 0 spiro atoms. The molecule has 0 heterocycles. The highest BCUT2D eigenvalue weighted by molar-refractivity contribution is 7.92. The zero-order chi connectivity index (χ0) is 13.3. The largest absolute Gasteiger partial charge is 0.399 e. The second-order valence-corrected chi connectivity index (χ2v) is 6.76. The molecule has 0 aliphatic carbocycles. The highest BCUT2D eigenvalue weighted by Crippen LogP contribution is 2.20. The maximum absolute atomic E-state index is 11.7. The highest BCUT2D eigenvalue weighted by atomic mass is 32.2. The summed E-state index contributed by atoms with van der Waals surface area (Å²) in [4.78, 5) is 0. The van der Waals surface area contributed by atoms with Gasteiger partial charge in [-0.3, -0.25) is 4.31 Å². The Bertz CT molecular complexity index is 474. The van der Waals surface area contributed by atoms with E-state index in [0.717, 1.165) is 6.26 Å². The first-order valence-electron chi connectivity index (χ1n) is 5.22. The molecule has 0 saturated heterocycles. The number of nitrogens with two attached hydrogens (primary N) is 2. The minimum atomic E-state index is -3.35. The average Bonchev–Trinajstić information content (AvgIpc) is 2.13. The van der Waals surface area contributed by atoms with Gasteiger partial charge in [0, 0.05) is 11.2 Å². The van der Waals surface area contributed by atoms with E-state index in [4.69, 9.17) is 11.5 Å². The van der Waals surface area contributed by atoms with Gasteiger partial charge >= 0.3 is 0 Å². The van der Waals surface area contributed by atoms with Crippen molar-refractivity contribution in [2.45, 2.75) is 19.4 Å². The van der Waals surface area contributed by atoms with Crippen LogP contribution < -0.4 is 15.8 Å². The van der Waals surface area contributed by atoms with Gasteiger partial charge in [0.25, 0.3) is 0 Å². The van der Waals surface area contributed by atoms with Gasteiger partial charge in [0.1, 0.15) is 0 Å². The summed E-state index contributed by atoms with van der Waals surface area (Å²) < 4.78 is 24.8. The Hall–Kier alpha value is -1.27. The van der Waals surface area contributed by atoms with E-state index in [1.165, 1.54) is 4.31 Å². The van der Waals surface area contributed by atoms with E-state index in [2.05, 4.69) is 0 Å². The van der Waals surface area contributed by atoms with Gasteiger partial charge in [0.2, 0.25) is 10.0 Å². The molecule has 0 amide bonds. The van der Waals surface area contributed by atoms with E-state index < -0.39 is 15.6 Å². The second kappa shape index (κ2) is 4.54. The minimum Gasteiger partial charge on any atom is -0.399 e. The lowest BCUT2D eigenvalue weighted by Crippen LogP contribution is -2.47. The summed E-state index contributed by atoms with van der Waals surface area (Å²) in [5, 5.41) is 0. The van der Waals surface area contributed by atoms with E-state index in [9.17, 15) is 8.42 Å². The van der Waals surface area contributed by atoms with Crippen molar-refractivity contribution >= 4 is 21.4 Å². The highest BCUT2D eigenvalue weighted by Gasteiger charge is 2.24. The second-order valence-electron chi connectivity index (χ2n) is 4.85. The van der Waals surface area contributed by atoms with E-state index in [1.54, 1.807) is 38.1 Å². The van der Waals surface area contributed by atoms with Crippen molar-refractivity contribution in [3.05, 3.63) is 24.3 Å². The summed E-state index contributed by atoms with van der Waals surface area (Å²) in [5.74, 6) is 0. The summed E-state index contributed by atoms with van der Waals surface area (Å²) in [6.07, 6.45) is 1.16. The molecule has 0 bridgehead atoms. The third-order valence-corrected chi connectivity index (χ3v) is 3.27. The van der Waals surface area contributed by atoms with Crippen LogP contribution in [0.1, 0.15) is 13.8 Å². The molecule has 0 fully saturated rings. The lowest BCUT2D eigenvalue weighted by atomic mass is 10.1. The molecule has 0 aromatic heterocycles. The summed E-state index contributed by atoms with van der Waals surface area (Å²) >= 11 is 0. The number of rotatable bonds is 4. The van der Waals surface area contributed by atoms with Crippen LogP contribution in [0.15, 0.2) is 24.3 Å². The van der Waals surface area contributed by atoms with Crippen LogP contribution in [-0.4, -0.2) is 26.8 Å². The van der Waals surface area contributed by atoms with E-state index in [-0.39, 0.29) is 6.54 Å². The number of nitrogen functional groups attached to an aromatic ring is 1. The molecule has 4 N–H and O–H groups in total. The maximum atomic E-state index is 11.7. The Balaban J connectivity index is 3.12. The monoisotopic (exact) mass is 257 g/mol. The van der Waals surface area contributed by atoms with Crippen LogP contribution in [0.3, 0.4) is 0 Å². The maximum Gasteiger partial charge on any atom is 0.232 e. The van der Waals surface area contributed by atoms with Crippen LogP contribution in [0.25, 0.3) is 0 Å². The fourth-order valence-electron chi connectivity index (χ4n) is 1.41. The van der Waals surface area contributed by atoms with Crippen molar-refractivity contribution in [3.63, 3.8) is 0 Å². The molecule has 0 atom stereocenters. The molecule has 17 heavy (non-hydrogen) atoms. The van der Waals surface area contributed by atoms with Gasteiger partial charge in [-0.25, -0.2) is 8.42 Å². The number of hydrogen-bond donors (Lipinski definition) is 2. The van der Waals surface area contributed by atoms with Crippen molar-refractivity contribution in [1.29, 1.82) is 0 Å². The van der Waals surface area contributed by atoms with E-state index >= 15 is 0 Å². The summed E-state index contributed by atoms with van der Waals surface area (Å²) in [6, 6.07) is 6.66. The molecular weight excluding hydrogens is 238 g/mol.